The van der Waals surface area contributed by atoms with Crippen LogP contribution in [0.15, 0.2) is 36.4 Å². The summed E-state index contributed by atoms with van der Waals surface area (Å²) in [6, 6.07) is 9.62. The average molecular weight is 393 g/mol. The van der Waals surface area contributed by atoms with Gasteiger partial charge in [-0.05, 0) is 35.4 Å². The molecule has 2 aromatic carbocycles. The minimum Gasteiger partial charge on any atom is -0.351 e. The van der Waals surface area contributed by atoms with Gasteiger partial charge in [-0.2, -0.15) is 0 Å². The van der Waals surface area contributed by atoms with Crippen molar-refractivity contribution in [1.82, 2.24) is 5.32 Å². The van der Waals surface area contributed by atoms with Gasteiger partial charge in [0.15, 0.2) is 0 Å². The first-order valence-electron chi connectivity index (χ1n) is 6.68. The number of thioether (sulfide) groups is 1. The van der Waals surface area contributed by atoms with Crippen LogP contribution in [0.5, 0.6) is 0 Å². The van der Waals surface area contributed by atoms with E-state index in [9.17, 15) is 9.18 Å². The Labute approximate surface area is 153 Å². The second kappa shape index (κ2) is 8.78. The van der Waals surface area contributed by atoms with Crippen molar-refractivity contribution >= 4 is 52.5 Å². The van der Waals surface area contributed by atoms with E-state index in [2.05, 4.69) is 5.32 Å². The molecule has 122 valence electrons. The summed E-state index contributed by atoms with van der Waals surface area (Å²) in [6.45, 7) is 0.324. The van der Waals surface area contributed by atoms with Crippen LogP contribution in [0.25, 0.3) is 0 Å². The van der Waals surface area contributed by atoms with Crippen LogP contribution in [0.2, 0.25) is 15.1 Å². The van der Waals surface area contributed by atoms with Crippen LogP contribution in [0.4, 0.5) is 4.39 Å². The molecule has 23 heavy (non-hydrogen) atoms. The lowest BCUT2D eigenvalue weighted by molar-refractivity contribution is -0.118. The summed E-state index contributed by atoms with van der Waals surface area (Å²) >= 11 is 18.9. The molecule has 0 saturated carbocycles. The van der Waals surface area contributed by atoms with Crippen LogP contribution in [-0.2, 0) is 17.1 Å². The Balaban J connectivity index is 1.77. The zero-order valence-corrected chi connectivity index (χ0v) is 15.0. The molecule has 1 N–H and O–H groups in total. The maximum absolute atomic E-state index is 13.6. The van der Waals surface area contributed by atoms with E-state index in [0.717, 1.165) is 5.56 Å². The van der Waals surface area contributed by atoms with Crippen molar-refractivity contribution in [3.05, 3.63) is 68.4 Å². The Bertz CT molecular complexity index is 712. The van der Waals surface area contributed by atoms with Crippen molar-refractivity contribution in [1.29, 1.82) is 0 Å². The molecule has 0 heterocycles. The van der Waals surface area contributed by atoms with Gasteiger partial charge in [-0.3, -0.25) is 4.79 Å². The van der Waals surface area contributed by atoms with Gasteiger partial charge in [0.05, 0.1) is 5.75 Å². The highest BCUT2D eigenvalue weighted by molar-refractivity contribution is 7.99. The Hall–Kier alpha value is -0.940. The highest BCUT2D eigenvalue weighted by Crippen LogP contribution is 2.21. The van der Waals surface area contributed by atoms with Crippen molar-refractivity contribution in [3.63, 3.8) is 0 Å². The third-order valence-corrected chi connectivity index (χ3v) is 4.80. The van der Waals surface area contributed by atoms with Gasteiger partial charge in [-0.15, -0.1) is 11.8 Å². The van der Waals surface area contributed by atoms with E-state index < -0.39 is 0 Å². The number of carbonyl (C=O) groups excluding carboxylic acids is 1. The standard InChI is InChI=1S/C16H13Cl3FNOS/c17-12-3-1-10(14(19)5-12)7-21-16(22)9-23-8-11-2-4-13(18)6-15(11)20/h1-6H,7-9H2,(H,21,22). The lowest BCUT2D eigenvalue weighted by Crippen LogP contribution is -2.24. The predicted octanol–water partition coefficient (Wildman–Crippen LogP) is 5.34. The van der Waals surface area contributed by atoms with Crippen LogP contribution in [0.1, 0.15) is 11.1 Å². The Morgan fingerprint density at radius 2 is 1.70 bits per heavy atom. The van der Waals surface area contributed by atoms with Crippen molar-refractivity contribution in [2.75, 3.05) is 5.75 Å². The highest BCUT2D eigenvalue weighted by Gasteiger charge is 2.07. The van der Waals surface area contributed by atoms with E-state index in [4.69, 9.17) is 34.8 Å². The largest absolute Gasteiger partial charge is 0.351 e. The third-order valence-electron chi connectivity index (χ3n) is 3.00. The van der Waals surface area contributed by atoms with E-state index in [1.807, 2.05) is 0 Å². The number of halogens is 4. The second-order valence-corrected chi connectivity index (χ2v) is 7.01. The maximum atomic E-state index is 13.6. The summed E-state index contributed by atoms with van der Waals surface area (Å²) in [7, 11) is 0. The lowest BCUT2D eigenvalue weighted by Gasteiger charge is -2.08. The van der Waals surface area contributed by atoms with Gasteiger partial charge < -0.3 is 5.32 Å². The molecule has 0 aromatic heterocycles. The summed E-state index contributed by atoms with van der Waals surface area (Å²) in [5.41, 5.74) is 1.31. The molecule has 0 aliphatic carbocycles. The van der Waals surface area contributed by atoms with E-state index in [-0.39, 0.29) is 17.5 Å². The first-order valence-corrected chi connectivity index (χ1v) is 8.97. The van der Waals surface area contributed by atoms with Gasteiger partial charge in [0, 0.05) is 27.4 Å². The molecular formula is C16H13Cl3FNOS. The Morgan fingerprint density at radius 3 is 2.35 bits per heavy atom. The van der Waals surface area contributed by atoms with Gasteiger partial charge in [0.2, 0.25) is 5.91 Å². The second-order valence-electron chi connectivity index (χ2n) is 4.74. The summed E-state index contributed by atoms with van der Waals surface area (Å²) in [5.74, 6) is 0.125. The number of hydrogen-bond donors (Lipinski definition) is 1. The molecule has 2 rings (SSSR count). The van der Waals surface area contributed by atoms with Crippen LogP contribution in [0.3, 0.4) is 0 Å². The smallest absolute Gasteiger partial charge is 0.230 e. The normalized spacial score (nSPS) is 10.6. The van der Waals surface area contributed by atoms with Gasteiger partial charge in [0.1, 0.15) is 5.82 Å². The summed E-state index contributed by atoms with van der Waals surface area (Å²) in [4.78, 5) is 11.8. The van der Waals surface area contributed by atoms with Gasteiger partial charge in [-0.1, -0.05) is 46.9 Å². The number of benzene rings is 2. The monoisotopic (exact) mass is 391 g/mol. The van der Waals surface area contributed by atoms with Crippen LogP contribution in [-0.4, -0.2) is 11.7 Å². The van der Waals surface area contributed by atoms with E-state index in [0.29, 0.717) is 32.9 Å². The van der Waals surface area contributed by atoms with E-state index in [1.165, 1.54) is 17.8 Å². The lowest BCUT2D eigenvalue weighted by atomic mass is 10.2. The molecule has 0 atom stereocenters. The molecule has 0 aliphatic rings. The number of hydrogen-bond acceptors (Lipinski definition) is 2. The maximum Gasteiger partial charge on any atom is 0.230 e. The number of nitrogens with one attached hydrogen (secondary N) is 1. The van der Waals surface area contributed by atoms with E-state index in [1.54, 1.807) is 30.3 Å². The third kappa shape index (κ3) is 5.88. The van der Waals surface area contributed by atoms with Gasteiger partial charge >= 0.3 is 0 Å². The topological polar surface area (TPSA) is 29.1 Å². The highest BCUT2D eigenvalue weighted by atomic mass is 35.5. The SMILES string of the molecule is O=C(CSCc1ccc(Cl)cc1F)NCc1ccc(Cl)cc1Cl. The molecular weight excluding hydrogens is 380 g/mol. The molecule has 1 amide bonds. The summed E-state index contributed by atoms with van der Waals surface area (Å²) < 4.78 is 13.6. The first kappa shape index (κ1) is 18.4. The fourth-order valence-corrected chi connectivity index (χ4v) is 3.28. The molecule has 2 aromatic rings. The van der Waals surface area contributed by atoms with Crippen molar-refractivity contribution in [2.45, 2.75) is 12.3 Å². The quantitative estimate of drug-likeness (QED) is 0.719. The number of carbonyl (C=O) groups is 1. The Kier molecular flexibility index (Phi) is 7.03. The molecule has 2 nitrogen and oxygen atoms in total. The van der Waals surface area contributed by atoms with Crippen LogP contribution < -0.4 is 5.32 Å². The first-order chi connectivity index (χ1) is 11.0. The van der Waals surface area contributed by atoms with Crippen LogP contribution >= 0.6 is 46.6 Å². The molecule has 0 unspecified atom stereocenters. The molecule has 0 aliphatic heterocycles. The zero-order chi connectivity index (χ0) is 16.8. The van der Waals surface area contributed by atoms with Crippen molar-refractivity contribution in [3.8, 4) is 0 Å². The fraction of sp³-hybridized carbons (Fsp3) is 0.188. The Morgan fingerprint density at radius 1 is 1.04 bits per heavy atom. The van der Waals surface area contributed by atoms with E-state index >= 15 is 0 Å². The van der Waals surface area contributed by atoms with Crippen molar-refractivity contribution in [2.24, 2.45) is 0 Å². The predicted molar refractivity (Wildman–Crippen MR) is 95.9 cm³/mol. The molecule has 0 fully saturated rings. The van der Waals surface area contributed by atoms with Gasteiger partial charge in [0.25, 0.3) is 0 Å². The van der Waals surface area contributed by atoms with Gasteiger partial charge in [-0.25, -0.2) is 4.39 Å². The number of rotatable bonds is 6. The summed E-state index contributed by atoms with van der Waals surface area (Å²) in [6.07, 6.45) is 0. The molecule has 0 spiro atoms. The fourth-order valence-electron chi connectivity index (χ4n) is 1.80. The molecule has 7 heteroatoms. The summed E-state index contributed by atoms with van der Waals surface area (Å²) in [5, 5.41) is 4.18. The average Bonchev–Trinajstić information content (AvgIpc) is 2.48. The molecule has 0 radical (unpaired) electrons. The molecule has 0 bridgehead atoms. The minimum atomic E-state index is -0.363. The van der Waals surface area contributed by atoms with Crippen molar-refractivity contribution < 1.29 is 9.18 Å². The minimum absolute atomic E-state index is 0.143. The van der Waals surface area contributed by atoms with Crippen LogP contribution in [0, 0.1) is 5.82 Å². The zero-order valence-electron chi connectivity index (χ0n) is 11.9. The number of amides is 1. The molecule has 0 saturated heterocycles.